The lowest BCUT2D eigenvalue weighted by atomic mass is 10.1. The van der Waals surface area contributed by atoms with Gasteiger partial charge in [-0.15, -0.1) is 0 Å². The molecule has 74 valence electrons. The minimum atomic E-state index is -1.02. The molecule has 0 saturated heterocycles. The Hall–Kier alpha value is -0.680. The molecule has 0 unspecified atom stereocenters. The van der Waals surface area contributed by atoms with Gasteiger partial charge in [0.1, 0.15) is 5.60 Å². The highest BCUT2D eigenvalue weighted by Gasteiger charge is 2.06. The van der Waals surface area contributed by atoms with E-state index in [2.05, 4.69) is 11.8 Å². The molecule has 0 atom stereocenters. The average Bonchev–Trinajstić information content (AvgIpc) is 2.05. The molecule has 0 aromatic heterocycles. The molecule has 1 N–H and O–H groups in total. The summed E-state index contributed by atoms with van der Waals surface area (Å²) in [5.74, 6) is 5.45. The third-order valence-corrected chi connectivity index (χ3v) is 2.00. The lowest BCUT2D eigenvalue weighted by Gasteiger charge is -2.06. The zero-order chi connectivity index (χ0) is 10.8. The highest BCUT2D eigenvalue weighted by atomic mass is 35.5. The topological polar surface area (TPSA) is 20.2 Å². The Labute approximate surface area is 93.7 Å². The lowest BCUT2D eigenvalue weighted by molar-refractivity contribution is 0.143. The van der Waals surface area contributed by atoms with Gasteiger partial charge in [-0.2, -0.15) is 0 Å². The first kappa shape index (κ1) is 11.4. The van der Waals surface area contributed by atoms with Gasteiger partial charge in [-0.05, 0) is 32.0 Å². The molecule has 3 heteroatoms. The minimum Gasteiger partial charge on any atom is -0.378 e. The zero-order valence-corrected chi connectivity index (χ0v) is 9.45. The first-order valence-corrected chi connectivity index (χ1v) is 4.85. The normalized spacial score (nSPS) is 10.6. The second kappa shape index (κ2) is 4.23. The molecule has 0 aliphatic heterocycles. The summed E-state index contributed by atoms with van der Waals surface area (Å²) in [5.41, 5.74) is -0.396. The number of rotatable bonds is 0. The standard InChI is InChI=1S/C11H10Cl2O/c1-11(2,14)6-5-8-7-9(12)3-4-10(8)13/h3-4,7,14H,1-2H3. The van der Waals surface area contributed by atoms with Crippen LogP contribution in [0.15, 0.2) is 18.2 Å². The Balaban J connectivity index is 3.06. The van der Waals surface area contributed by atoms with Gasteiger partial charge in [0, 0.05) is 10.6 Å². The van der Waals surface area contributed by atoms with Crippen LogP contribution in [-0.4, -0.2) is 10.7 Å². The number of hydrogen-bond acceptors (Lipinski definition) is 1. The van der Waals surface area contributed by atoms with E-state index in [0.29, 0.717) is 15.6 Å². The van der Waals surface area contributed by atoms with Crippen LogP contribution >= 0.6 is 23.2 Å². The van der Waals surface area contributed by atoms with Gasteiger partial charge in [0.2, 0.25) is 0 Å². The van der Waals surface area contributed by atoms with Crippen molar-refractivity contribution < 1.29 is 5.11 Å². The zero-order valence-electron chi connectivity index (χ0n) is 7.94. The SMILES string of the molecule is CC(C)(O)C#Cc1cc(Cl)ccc1Cl. The Morgan fingerprint density at radius 2 is 1.93 bits per heavy atom. The number of benzene rings is 1. The summed E-state index contributed by atoms with van der Waals surface area (Å²) >= 11 is 11.7. The first-order valence-electron chi connectivity index (χ1n) is 4.09. The maximum atomic E-state index is 9.39. The second-order valence-corrected chi connectivity index (χ2v) is 4.28. The summed E-state index contributed by atoms with van der Waals surface area (Å²) in [7, 11) is 0. The van der Waals surface area contributed by atoms with Gasteiger partial charge in [0.05, 0.1) is 5.02 Å². The van der Waals surface area contributed by atoms with Crippen LogP contribution in [0.1, 0.15) is 19.4 Å². The Morgan fingerprint density at radius 1 is 1.29 bits per heavy atom. The van der Waals surface area contributed by atoms with Crippen molar-refractivity contribution in [2.45, 2.75) is 19.4 Å². The fourth-order valence-corrected chi connectivity index (χ4v) is 1.15. The van der Waals surface area contributed by atoms with Crippen LogP contribution in [0.25, 0.3) is 0 Å². The van der Waals surface area contributed by atoms with E-state index in [0.717, 1.165) is 0 Å². The van der Waals surface area contributed by atoms with Gasteiger partial charge < -0.3 is 5.11 Å². The predicted molar refractivity (Wildman–Crippen MR) is 59.6 cm³/mol. The summed E-state index contributed by atoms with van der Waals surface area (Å²) in [5, 5.41) is 10.5. The summed E-state index contributed by atoms with van der Waals surface area (Å²) < 4.78 is 0. The monoisotopic (exact) mass is 228 g/mol. The van der Waals surface area contributed by atoms with E-state index < -0.39 is 5.60 Å². The molecule has 1 aromatic carbocycles. The average molecular weight is 229 g/mol. The van der Waals surface area contributed by atoms with Crippen molar-refractivity contribution in [2.75, 3.05) is 0 Å². The summed E-state index contributed by atoms with van der Waals surface area (Å²) in [6.45, 7) is 3.22. The van der Waals surface area contributed by atoms with Gasteiger partial charge in [0.15, 0.2) is 0 Å². The Morgan fingerprint density at radius 3 is 2.50 bits per heavy atom. The van der Waals surface area contributed by atoms with Gasteiger partial charge in [-0.3, -0.25) is 0 Å². The van der Waals surface area contributed by atoms with E-state index in [1.807, 2.05) is 0 Å². The van der Waals surface area contributed by atoms with Crippen molar-refractivity contribution in [1.82, 2.24) is 0 Å². The predicted octanol–water partition coefficient (Wildman–Crippen LogP) is 3.12. The van der Waals surface area contributed by atoms with E-state index in [1.165, 1.54) is 0 Å². The molecule has 0 radical (unpaired) electrons. The van der Waals surface area contributed by atoms with Crippen LogP contribution in [-0.2, 0) is 0 Å². The molecule has 0 saturated carbocycles. The Bertz CT molecular complexity index is 394. The molecular formula is C11H10Cl2O. The van der Waals surface area contributed by atoms with E-state index in [4.69, 9.17) is 23.2 Å². The second-order valence-electron chi connectivity index (χ2n) is 3.43. The van der Waals surface area contributed by atoms with Crippen molar-refractivity contribution in [3.8, 4) is 11.8 Å². The molecule has 0 aliphatic rings. The van der Waals surface area contributed by atoms with Gasteiger partial charge in [-0.25, -0.2) is 0 Å². The van der Waals surface area contributed by atoms with Crippen LogP contribution in [0.3, 0.4) is 0 Å². The maximum absolute atomic E-state index is 9.39. The van der Waals surface area contributed by atoms with Crippen LogP contribution in [0, 0.1) is 11.8 Å². The summed E-state index contributed by atoms with van der Waals surface area (Å²) in [6, 6.07) is 5.04. The molecule has 0 heterocycles. The van der Waals surface area contributed by atoms with Crippen molar-refractivity contribution in [3.05, 3.63) is 33.8 Å². The number of halogens is 2. The summed E-state index contributed by atoms with van der Waals surface area (Å²) in [6.07, 6.45) is 0. The fourth-order valence-electron chi connectivity index (χ4n) is 0.814. The molecule has 1 aromatic rings. The highest BCUT2D eigenvalue weighted by molar-refractivity contribution is 6.33. The molecule has 0 bridgehead atoms. The molecular weight excluding hydrogens is 219 g/mol. The molecule has 0 fully saturated rings. The van der Waals surface area contributed by atoms with Crippen molar-refractivity contribution in [2.24, 2.45) is 0 Å². The highest BCUT2D eigenvalue weighted by Crippen LogP contribution is 2.19. The first-order chi connectivity index (χ1) is 6.38. The smallest absolute Gasteiger partial charge is 0.120 e. The Kier molecular flexibility index (Phi) is 3.44. The van der Waals surface area contributed by atoms with Crippen molar-refractivity contribution in [3.63, 3.8) is 0 Å². The van der Waals surface area contributed by atoms with Crippen LogP contribution < -0.4 is 0 Å². The summed E-state index contributed by atoms with van der Waals surface area (Å²) in [4.78, 5) is 0. The van der Waals surface area contributed by atoms with E-state index in [9.17, 15) is 5.11 Å². The minimum absolute atomic E-state index is 0.533. The van der Waals surface area contributed by atoms with Crippen molar-refractivity contribution >= 4 is 23.2 Å². The van der Waals surface area contributed by atoms with E-state index >= 15 is 0 Å². The lowest BCUT2D eigenvalue weighted by Crippen LogP contribution is -2.14. The fraction of sp³-hybridized carbons (Fsp3) is 0.273. The van der Waals surface area contributed by atoms with Gasteiger partial charge in [-0.1, -0.05) is 35.0 Å². The van der Waals surface area contributed by atoms with E-state index in [-0.39, 0.29) is 0 Å². The quantitative estimate of drug-likeness (QED) is 0.677. The third kappa shape index (κ3) is 3.59. The largest absolute Gasteiger partial charge is 0.378 e. The van der Waals surface area contributed by atoms with Gasteiger partial charge in [0.25, 0.3) is 0 Å². The number of aliphatic hydroxyl groups is 1. The molecule has 14 heavy (non-hydrogen) atoms. The molecule has 1 rings (SSSR count). The maximum Gasteiger partial charge on any atom is 0.120 e. The number of hydrogen-bond donors (Lipinski definition) is 1. The molecule has 0 spiro atoms. The molecule has 0 aliphatic carbocycles. The molecule has 1 nitrogen and oxygen atoms in total. The van der Waals surface area contributed by atoms with Crippen LogP contribution in [0.2, 0.25) is 10.0 Å². The van der Waals surface area contributed by atoms with Crippen molar-refractivity contribution in [1.29, 1.82) is 0 Å². The molecule has 0 amide bonds. The van der Waals surface area contributed by atoms with Gasteiger partial charge >= 0.3 is 0 Å². The van der Waals surface area contributed by atoms with Crippen LogP contribution in [0.4, 0.5) is 0 Å². The van der Waals surface area contributed by atoms with E-state index in [1.54, 1.807) is 32.0 Å². The van der Waals surface area contributed by atoms with Crippen LogP contribution in [0.5, 0.6) is 0 Å². The third-order valence-electron chi connectivity index (χ3n) is 1.43.